The maximum Gasteiger partial charge on any atom is 0.242 e. The lowest BCUT2D eigenvalue weighted by Crippen LogP contribution is -2.37. The van der Waals surface area contributed by atoms with Gasteiger partial charge in [-0.2, -0.15) is 0 Å². The minimum atomic E-state index is -0.821. The highest BCUT2D eigenvalue weighted by atomic mass is 19.1. The van der Waals surface area contributed by atoms with Crippen molar-refractivity contribution in [2.45, 2.75) is 19.9 Å². The van der Waals surface area contributed by atoms with Crippen LogP contribution >= 0.6 is 0 Å². The van der Waals surface area contributed by atoms with Crippen molar-refractivity contribution in [3.05, 3.63) is 23.8 Å². The molecule has 17 heavy (non-hydrogen) atoms. The molecule has 0 bridgehead atoms. The maximum atomic E-state index is 13.4. The normalized spacial score (nSPS) is 12.0. The fourth-order valence-corrected chi connectivity index (χ4v) is 1.34. The summed E-state index contributed by atoms with van der Waals surface area (Å²) in [5.41, 5.74) is 4.93. The summed E-state index contributed by atoms with van der Waals surface area (Å²) in [4.78, 5) is 11.4. The predicted octanol–water partition coefficient (Wildman–Crippen LogP) is 1.48. The molecule has 4 nitrogen and oxygen atoms in total. The lowest BCUT2D eigenvalue weighted by molar-refractivity contribution is -0.121. The van der Waals surface area contributed by atoms with Crippen molar-refractivity contribution in [2.24, 2.45) is 0 Å². The molecular weight excluding hydrogens is 228 g/mol. The van der Waals surface area contributed by atoms with Crippen LogP contribution in [-0.4, -0.2) is 18.5 Å². The Labute approximate surface area is 98.2 Å². The van der Waals surface area contributed by atoms with E-state index in [0.717, 1.165) is 12.1 Å². The van der Waals surface area contributed by atoms with Gasteiger partial charge in [0.15, 0.2) is 11.6 Å². The molecule has 0 heterocycles. The van der Waals surface area contributed by atoms with Gasteiger partial charge in [-0.05, 0) is 26.0 Å². The number of rotatable bonds is 4. The molecule has 1 rings (SSSR count). The molecule has 0 spiro atoms. The highest BCUT2D eigenvalue weighted by Gasteiger charge is 2.17. The van der Waals surface area contributed by atoms with Crippen molar-refractivity contribution in [1.29, 1.82) is 0 Å². The monoisotopic (exact) mass is 243 g/mol. The van der Waals surface area contributed by atoms with E-state index in [0.29, 0.717) is 6.54 Å². The summed E-state index contributed by atoms with van der Waals surface area (Å²) in [5.74, 6) is -1.97. The largest absolute Gasteiger partial charge is 0.399 e. The van der Waals surface area contributed by atoms with Gasteiger partial charge in [-0.3, -0.25) is 4.79 Å². The van der Waals surface area contributed by atoms with Gasteiger partial charge in [0.2, 0.25) is 5.91 Å². The smallest absolute Gasteiger partial charge is 0.242 e. The van der Waals surface area contributed by atoms with Crippen LogP contribution in [0.3, 0.4) is 0 Å². The Morgan fingerprint density at radius 3 is 2.41 bits per heavy atom. The number of anilines is 2. The Kier molecular flexibility index (Phi) is 4.25. The molecule has 94 valence electrons. The molecule has 0 aromatic heterocycles. The van der Waals surface area contributed by atoms with Crippen molar-refractivity contribution < 1.29 is 13.6 Å². The minimum Gasteiger partial charge on any atom is -0.399 e. The zero-order valence-electron chi connectivity index (χ0n) is 9.68. The summed E-state index contributed by atoms with van der Waals surface area (Å²) >= 11 is 0. The number of benzene rings is 1. The average Bonchev–Trinajstić information content (AvgIpc) is 2.23. The van der Waals surface area contributed by atoms with E-state index in [1.165, 1.54) is 6.92 Å². The van der Waals surface area contributed by atoms with E-state index >= 15 is 0 Å². The van der Waals surface area contributed by atoms with E-state index in [-0.39, 0.29) is 17.3 Å². The van der Waals surface area contributed by atoms with Crippen molar-refractivity contribution in [1.82, 2.24) is 5.32 Å². The molecule has 1 atom stereocenters. The summed E-state index contributed by atoms with van der Waals surface area (Å²) in [6.45, 7) is 3.73. The fraction of sp³-hybridized carbons (Fsp3) is 0.364. The van der Waals surface area contributed by atoms with Gasteiger partial charge in [-0.1, -0.05) is 0 Å². The maximum absolute atomic E-state index is 13.4. The molecular formula is C11H15F2N3O. The first kappa shape index (κ1) is 13.2. The first-order chi connectivity index (χ1) is 7.95. The van der Waals surface area contributed by atoms with E-state index in [1.54, 1.807) is 6.92 Å². The lowest BCUT2D eigenvalue weighted by Gasteiger charge is -2.16. The Morgan fingerprint density at radius 1 is 1.41 bits per heavy atom. The molecule has 0 saturated carbocycles. The van der Waals surface area contributed by atoms with Gasteiger partial charge >= 0.3 is 0 Å². The summed E-state index contributed by atoms with van der Waals surface area (Å²) < 4.78 is 26.8. The van der Waals surface area contributed by atoms with Crippen LogP contribution in [-0.2, 0) is 4.79 Å². The van der Waals surface area contributed by atoms with Crippen molar-refractivity contribution >= 4 is 17.3 Å². The number of nitrogen functional groups attached to an aromatic ring is 1. The van der Waals surface area contributed by atoms with Crippen LogP contribution in [0.15, 0.2) is 12.1 Å². The third-order valence-corrected chi connectivity index (χ3v) is 2.17. The molecule has 0 saturated heterocycles. The number of carbonyl (C=O) groups excluding carboxylic acids is 1. The van der Waals surface area contributed by atoms with Gasteiger partial charge < -0.3 is 16.4 Å². The number of hydrogen-bond donors (Lipinski definition) is 3. The topological polar surface area (TPSA) is 67.2 Å². The highest BCUT2D eigenvalue weighted by molar-refractivity contribution is 5.84. The number of nitrogens with one attached hydrogen (secondary N) is 2. The highest BCUT2D eigenvalue weighted by Crippen LogP contribution is 2.22. The summed E-state index contributed by atoms with van der Waals surface area (Å²) in [6, 6.07) is 1.26. The van der Waals surface area contributed by atoms with Crippen LogP contribution in [0, 0.1) is 11.6 Å². The summed E-state index contributed by atoms with van der Waals surface area (Å²) in [7, 11) is 0. The predicted molar refractivity (Wildman–Crippen MR) is 62.5 cm³/mol. The number of carbonyl (C=O) groups is 1. The van der Waals surface area contributed by atoms with E-state index in [4.69, 9.17) is 5.73 Å². The third-order valence-electron chi connectivity index (χ3n) is 2.17. The summed E-state index contributed by atoms with van der Waals surface area (Å²) in [5, 5.41) is 5.02. The van der Waals surface area contributed by atoms with Crippen LogP contribution in [0.4, 0.5) is 20.2 Å². The number of hydrogen-bond acceptors (Lipinski definition) is 3. The molecule has 1 aromatic rings. The Balaban J connectivity index is 2.85. The van der Waals surface area contributed by atoms with E-state index < -0.39 is 17.7 Å². The molecule has 0 aliphatic carbocycles. The molecule has 0 aliphatic heterocycles. The minimum absolute atomic E-state index is 0.00351. The Bertz CT molecular complexity index is 400. The molecule has 1 unspecified atom stereocenters. The van der Waals surface area contributed by atoms with Crippen LogP contribution in [0.2, 0.25) is 0 Å². The van der Waals surface area contributed by atoms with Crippen molar-refractivity contribution in [2.75, 3.05) is 17.6 Å². The Hall–Kier alpha value is -1.85. The van der Waals surface area contributed by atoms with Crippen LogP contribution in [0.25, 0.3) is 0 Å². The molecule has 1 amide bonds. The first-order valence-corrected chi connectivity index (χ1v) is 5.24. The molecule has 6 heteroatoms. The molecule has 0 aliphatic rings. The summed E-state index contributed by atoms with van der Waals surface area (Å²) in [6.07, 6.45) is 0. The molecule has 0 fully saturated rings. The molecule has 4 N–H and O–H groups in total. The van der Waals surface area contributed by atoms with Crippen molar-refractivity contribution in [3.8, 4) is 0 Å². The van der Waals surface area contributed by atoms with Gasteiger partial charge in [0.25, 0.3) is 0 Å². The van der Waals surface area contributed by atoms with E-state index in [1.807, 2.05) is 0 Å². The standard InChI is InChI=1S/C11H15F2N3O/c1-3-15-11(17)6(2)16-10-8(12)4-7(14)5-9(10)13/h4-6,16H,3,14H2,1-2H3,(H,15,17). The van der Waals surface area contributed by atoms with Gasteiger partial charge in [-0.25, -0.2) is 8.78 Å². The SMILES string of the molecule is CCNC(=O)C(C)Nc1c(F)cc(N)cc1F. The van der Waals surface area contributed by atoms with Crippen LogP contribution < -0.4 is 16.4 Å². The Morgan fingerprint density at radius 2 is 1.94 bits per heavy atom. The van der Waals surface area contributed by atoms with Crippen molar-refractivity contribution in [3.63, 3.8) is 0 Å². The molecule has 1 aromatic carbocycles. The zero-order chi connectivity index (χ0) is 13.0. The van der Waals surface area contributed by atoms with Gasteiger partial charge in [0.05, 0.1) is 0 Å². The number of halogens is 2. The van der Waals surface area contributed by atoms with Crippen LogP contribution in [0.1, 0.15) is 13.8 Å². The van der Waals surface area contributed by atoms with Gasteiger partial charge in [0, 0.05) is 12.2 Å². The van der Waals surface area contributed by atoms with Gasteiger partial charge in [0.1, 0.15) is 11.7 Å². The fourth-order valence-electron chi connectivity index (χ4n) is 1.34. The van der Waals surface area contributed by atoms with Gasteiger partial charge in [-0.15, -0.1) is 0 Å². The lowest BCUT2D eigenvalue weighted by atomic mass is 10.2. The second kappa shape index (κ2) is 5.47. The second-order valence-electron chi connectivity index (χ2n) is 3.62. The number of amides is 1. The number of likely N-dealkylation sites (N-methyl/N-ethyl adjacent to an activating group) is 1. The average molecular weight is 243 g/mol. The van der Waals surface area contributed by atoms with E-state index in [2.05, 4.69) is 10.6 Å². The zero-order valence-corrected chi connectivity index (χ0v) is 9.68. The second-order valence-corrected chi connectivity index (χ2v) is 3.62. The van der Waals surface area contributed by atoms with E-state index in [9.17, 15) is 13.6 Å². The molecule has 0 radical (unpaired) electrons. The van der Waals surface area contributed by atoms with Crippen LogP contribution in [0.5, 0.6) is 0 Å². The quantitative estimate of drug-likeness (QED) is 0.702. The third kappa shape index (κ3) is 3.30. The number of nitrogens with two attached hydrogens (primary N) is 1. The first-order valence-electron chi connectivity index (χ1n) is 5.24.